The van der Waals surface area contributed by atoms with Gasteiger partial charge in [-0.15, -0.1) is 12.3 Å². The summed E-state index contributed by atoms with van der Waals surface area (Å²) < 4.78 is 13.0. The van der Waals surface area contributed by atoms with Crippen LogP contribution in [0.15, 0.2) is 24.3 Å². The lowest BCUT2D eigenvalue weighted by atomic mass is 10.1. The van der Waals surface area contributed by atoms with Gasteiger partial charge in [0, 0.05) is 12.5 Å². The molecule has 0 saturated heterocycles. The van der Waals surface area contributed by atoms with Crippen LogP contribution >= 0.6 is 0 Å². The van der Waals surface area contributed by atoms with Gasteiger partial charge in [0.25, 0.3) is 0 Å². The Morgan fingerprint density at radius 2 is 2.25 bits per heavy atom. The summed E-state index contributed by atoms with van der Waals surface area (Å²) in [6, 6.07) is 6.88. The van der Waals surface area contributed by atoms with Gasteiger partial charge in [0.15, 0.2) is 0 Å². The number of hydrogen-bond donors (Lipinski definition) is 1. The molecule has 0 spiro atoms. The molecule has 0 saturated carbocycles. The number of halogens is 1. The molecule has 1 unspecified atom stereocenters. The number of nitrogens with one attached hydrogen (secondary N) is 1. The second-order valence-corrected chi connectivity index (χ2v) is 3.89. The Kier molecular flexibility index (Phi) is 5.60. The number of terminal acetylenes is 1. The van der Waals surface area contributed by atoms with Gasteiger partial charge >= 0.3 is 0 Å². The number of rotatable bonds is 6. The Labute approximate surface area is 97.1 Å². The molecular weight excluding hydrogens is 201 g/mol. The van der Waals surface area contributed by atoms with Crippen molar-refractivity contribution in [1.82, 2.24) is 5.32 Å². The van der Waals surface area contributed by atoms with Gasteiger partial charge in [0.05, 0.1) is 0 Å². The molecule has 2 heteroatoms. The third-order valence-electron chi connectivity index (χ3n) is 2.55. The zero-order valence-electron chi connectivity index (χ0n) is 9.67. The summed E-state index contributed by atoms with van der Waals surface area (Å²) in [5.74, 6) is 2.44. The minimum absolute atomic E-state index is 0.182. The van der Waals surface area contributed by atoms with E-state index in [9.17, 15) is 4.39 Å². The molecule has 0 radical (unpaired) electrons. The molecule has 0 aliphatic rings. The van der Waals surface area contributed by atoms with Crippen molar-refractivity contribution in [3.63, 3.8) is 0 Å². The Morgan fingerprint density at radius 3 is 2.94 bits per heavy atom. The first-order valence-corrected chi connectivity index (χ1v) is 5.66. The van der Waals surface area contributed by atoms with E-state index in [1.165, 1.54) is 6.07 Å². The van der Waals surface area contributed by atoms with Gasteiger partial charge in [-0.25, -0.2) is 4.39 Å². The van der Waals surface area contributed by atoms with Crippen LogP contribution in [0.3, 0.4) is 0 Å². The van der Waals surface area contributed by atoms with Gasteiger partial charge in [-0.1, -0.05) is 12.1 Å². The van der Waals surface area contributed by atoms with Crippen LogP contribution in [0.1, 0.15) is 37.8 Å². The Balaban J connectivity index is 2.30. The van der Waals surface area contributed by atoms with E-state index in [1.807, 2.05) is 13.0 Å². The zero-order chi connectivity index (χ0) is 11.8. The van der Waals surface area contributed by atoms with E-state index >= 15 is 0 Å². The van der Waals surface area contributed by atoms with Crippen LogP contribution in [0.25, 0.3) is 0 Å². The van der Waals surface area contributed by atoms with Crippen molar-refractivity contribution in [3.8, 4) is 12.3 Å². The standard InChI is InChI=1S/C14H18FN/c1-3-4-5-6-10-16-12(2)13-8-7-9-14(15)11-13/h1,7-9,11-12,16H,4-6,10H2,2H3. The maximum atomic E-state index is 13.0. The van der Waals surface area contributed by atoms with Gasteiger partial charge in [0.1, 0.15) is 5.82 Å². The third kappa shape index (κ3) is 4.46. The van der Waals surface area contributed by atoms with E-state index < -0.39 is 0 Å². The van der Waals surface area contributed by atoms with Gasteiger partial charge in [-0.3, -0.25) is 0 Å². The fraction of sp³-hybridized carbons (Fsp3) is 0.429. The molecule has 0 aliphatic carbocycles. The minimum Gasteiger partial charge on any atom is -0.310 e. The average molecular weight is 219 g/mol. The molecule has 0 aliphatic heterocycles. The third-order valence-corrected chi connectivity index (χ3v) is 2.55. The van der Waals surface area contributed by atoms with Crippen LogP contribution in [0.4, 0.5) is 4.39 Å². The highest BCUT2D eigenvalue weighted by molar-refractivity contribution is 5.19. The maximum absolute atomic E-state index is 13.0. The van der Waals surface area contributed by atoms with E-state index in [0.29, 0.717) is 0 Å². The lowest BCUT2D eigenvalue weighted by molar-refractivity contribution is 0.544. The fourth-order valence-electron chi connectivity index (χ4n) is 1.56. The lowest BCUT2D eigenvalue weighted by Crippen LogP contribution is -2.19. The van der Waals surface area contributed by atoms with E-state index in [0.717, 1.165) is 31.4 Å². The van der Waals surface area contributed by atoms with Crippen LogP contribution in [-0.2, 0) is 0 Å². The molecule has 1 aromatic carbocycles. The molecule has 0 aromatic heterocycles. The summed E-state index contributed by atoms with van der Waals surface area (Å²) in [4.78, 5) is 0. The molecule has 0 amide bonds. The van der Waals surface area contributed by atoms with Crippen LogP contribution in [-0.4, -0.2) is 6.54 Å². The summed E-state index contributed by atoms with van der Waals surface area (Å²) in [5, 5.41) is 3.35. The first kappa shape index (κ1) is 12.7. The molecule has 1 atom stereocenters. The molecule has 1 aromatic rings. The second kappa shape index (κ2) is 7.03. The Bertz CT molecular complexity index is 354. The average Bonchev–Trinajstić information content (AvgIpc) is 2.28. The monoisotopic (exact) mass is 219 g/mol. The molecule has 1 rings (SSSR count). The van der Waals surface area contributed by atoms with Crippen molar-refractivity contribution in [3.05, 3.63) is 35.6 Å². The van der Waals surface area contributed by atoms with Gasteiger partial charge in [-0.2, -0.15) is 0 Å². The van der Waals surface area contributed by atoms with Crippen LogP contribution in [0.2, 0.25) is 0 Å². The van der Waals surface area contributed by atoms with Crippen LogP contribution in [0, 0.1) is 18.2 Å². The number of hydrogen-bond acceptors (Lipinski definition) is 1. The summed E-state index contributed by atoms with van der Waals surface area (Å²) in [6.07, 6.45) is 8.10. The maximum Gasteiger partial charge on any atom is 0.123 e. The molecule has 0 heterocycles. The van der Waals surface area contributed by atoms with Gasteiger partial charge < -0.3 is 5.32 Å². The molecule has 16 heavy (non-hydrogen) atoms. The largest absolute Gasteiger partial charge is 0.310 e. The van der Waals surface area contributed by atoms with Crippen molar-refractivity contribution < 1.29 is 4.39 Å². The highest BCUT2D eigenvalue weighted by Gasteiger charge is 2.04. The topological polar surface area (TPSA) is 12.0 Å². The SMILES string of the molecule is C#CCCCCNC(C)c1cccc(F)c1. The number of benzene rings is 1. The summed E-state index contributed by atoms with van der Waals surface area (Å²) >= 11 is 0. The van der Waals surface area contributed by atoms with Crippen molar-refractivity contribution in [2.45, 2.75) is 32.2 Å². The minimum atomic E-state index is -0.182. The molecule has 1 nitrogen and oxygen atoms in total. The van der Waals surface area contributed by atoms with E-state index in [2.05, 4.69) is 11.2 Å². The Hall–Kier alpha value is -1.33. The predicted molar refractivity (Wildman–Crippen MR) is 65.5 cm³/mol. The fourth-order valence-corrected chi connectivity index (χ4v) is 1.56. The summed E-state index contributed by atoms with van der Waals surface area (Å²) in [7, 11) is 0. The van der Waals surface area contributed by atoms with Gasteiger partial charge in [-0.05, 0) is 44.0 Å². The van der Waals surface area contributed by atoms with Crippen molar-refractivity contribution in [2.24, 2.45) is 0 Å². The molecule has 1 N–H and O–H groups in total. The van der Waals surface area contributed by atoms with Gasteiger partial charge in [0.2, 0.25) is 0 Å². The predicted octanol–water partition coefficient (Wildman–Crippen LogP) is 3.28. The normalized spacial score (nSPS) is 12.1. The summed E-state index contributed by atoms with van der Waals surface area (Å²) in [6.45, 7) is 2.95. The number of unbranched alkanes of at least 4 members (excludes halogenated alkanes) is 2. The highest BCUT2D eigenvalue weighted by atomic mass is 19.1. The quantitative estimate of drug-likeness (QED) is 0.572. The van der Waals surface area contributed by atoms with Crippen LogP contribution in [0.5, 0.6) is 0 Å². The van der Waals surface area contributed by atoms with E-state index in [1.54, 1.807) is 12.1 Å². The molecule has 86 valence electrons. The molecular formula is C14H18FN. The van der Waals surface area contributed by atoms with Crippen molar-refractivity contribution in [2.75, 3.05) is 6.54 Å². The smallest absolute Gasteiger partial charge is 0.123 e. The molecule has 0 bridgehead atoms. The van der Waals surface area contributed by atoms with E-state index in [-0.39, 0.29) is 11.9 Å². The van der Waals surface area contributed by atoms with Crippen LogP contribution < -0.4 is 5.32 Å². The molecule has 0 fully saturated rings. The second-order valence-electron chi connectivity index (χ2n) is 3.89. The zero-order valence-corrected chi connectivity index (χ0v) is 9.67. The lowest BCUT2D eigenvalue weighted by Gasteiger charge is -2.13. The van der Waals surface area contributed by atoms with Crippen molar-refractivity contribution in [1.29, 1.82) is 0 Å². The highest BCUT2D eigenvalue weighted by Crippen LogP contribution is 2.13. The van der Waals surface area contributed by atoms with E-state index in [4.69, 9.17) is 6.42 Å². The first-order chi connectivity index (χ1) is 7.74. The first-order valence-electron chi connectivity index (χ1n) is 5.66. The van der Waals surface area contributed by atoms with Crippen molar-refractivity contribution >= 4 is 0 Å². The Morgan fingerprint density at radius 1 is 1.44 bits per heavy atom. The summed E-state index contributed by atoms with van der Waals surface area (Å²) in [5.41, 5.74) is 0.983.